The van der Waals surface area contributed by atoms with Crippen LogP contribution in [0.2, 0.25) is 0 Å². The first-order chi connectivity index (χ1) is 34.0. The van der Waals surface area contributed by atoms with E-state index in [2.05, 4.69) is 37.7 Å². The van der Waals surface area contributed by atoms with Crippen molar-refractivity contribution in [2.45, 2.75) is 251 Å². The maximum Gasteiger partial charge on any atom is 0.306 e. The van der Waals surface area contributed by atoms with Gasteiger partial charge in [0.05, 0.1) is 39.6 Å². The summed E-state index contributed by atoms with van der Waals surface area (Å²) in [6.07, 6.45) is 40.3. The van der Waals surface area contributed by atoms with Crippen molar-refractivity contribution in [3.8, 4) is 0 Å². The Morgan fingerprint density at radius 2 is 0.886 bits per heavy atom. The highest BCUT2D eigenvalue weighted by Gasteiger charge is 2.23. The van der Waals surface area contributed by atoms with Crippen LogP contribution in [0.25, 0.3) is 0 Å². The number of rotatable bonds is 55. The average molecular weight is 1040 g/mol. The standard InChI is InChI=1S/C55H107N2O11PS/c1-5-8-11-14-17-20-21-22-23-26-27-30-33-36-52(58)57-51(55(61)56-39-40-64-41-42-65-43-44-66-45-46-69(4,62)63)49-70-48-50(68-54(60)38-35-32-29-25-19-16-13-10-7-3)47-67-53(59)37-34-31-28-24-18-15-12-9-6-2/h50-51,62-63H,4-49H2,1-3H3,(H,56,61)(H,57,58)/t50-,51+/m1/s1. The molecule has 0 aliphatic heterocycles. The van der Waals surface area contributed by atoms with Crippen LogP contribution in [0.15, 0.2) is 0 Å². The van der Waals surface area contributed by atoms with Crippen molar-refractivity contribution in [1.82, 2.24) is 10.6 Å². The summed E-state index contributed by atoms with van der Waals surface area (Å²) in [7, 11) is -3.08. The van der Waals surface area contributed by atoms with Gasteiger partial charge < -0.3 is 44.1 Å². The van der Waals surface area contributed by atoms with E-state index in [1.807, 2.05) is 0 Å². The van der Waals surface area contributed by atoms with Crippen molar-refractivity contribution in [2.24, 2.45) is 0 Å². The summed E-state index contributed by atoms with van der Waals surface area (Å²) in [5.41, 5.74) is 0. The second kappa shape index (κ2) is 52.2. The lowest BCUT2D eigenvalue weighted by Gasteiger charge is -2.21. The van der Waals surface area contributed by atoms with Crippen LogP contribution in [0.4, 0.5) is 0 Å². The van der Waals surface area contributed by atoms with Gasteiger partial charge in [-0.2, -0.15) is 11.8 Å². The highest BCUT2D eigenvalue weighted by molar-refractivity contribution is 7.99. The lowest BCUT2D eigenvalue weighted by atomic mass is 10.0. The van der Waals surface area contributed by atoms with Gasteiger partial charge in [-0.05, 0) is 19.3 Å². The molecular formula is C55H107N2O11PS. The number of hydrogen-bond donors (Lipinski definition) is 4. The molecule has 2 amide bonds. The van der Waals surface area contributed by atoms with Gasteiger partial charge in [-0.1, -0.05) is 207 Å². The van der Waals surface area contributed by atoms with Crippen molar-refractivity contribution < 1.29 is 52.6 Å². The number of unbranched alkanes of at least 4 members (excludes halogenated alkanes) is 28. The maximum atomic E-state index is 13.5. The Morgan fingerprint density at radius 3 is 1.33 bits per heavy atom. The molecule has 0 aromatic carbocycles. The van der Waals surface area contributed by atoms with Crippen molar-refractivity contribution in [3.63, 3.8) is 0 Å². The highest BCUT2D eigenvalue weighted by Crippen LogP contribution is 2.32. The van der Waals surface area contributed by atoms with Gasteiger partial charge in [-0.15, -0.1) is 0 Å². The molecule has 0 spiro atoms. The van der Waals surface area contributed by atoms with Crippen molar-refractivity contribution >= 4 is 49.2 Å². The number of nitrogens with one attached hydrogen (secondary N) is 2. The molecule has 414 valence electrons. The largest absolute Gasteiger partial charge is 0.462 e. The van der Waals surface area contributed by atoms with E-state index >= 15 is 0 Å². The summed E-state index contributed by atoms with van der Waals surface area (Å²) in [6, 6.07) is -0.817. The molecule has 0 aliphatic carbocycles. The zero-order chi connectivity index (χ0) is 51.4. The molecule has 0 rings (SSSR count). The van der Waals surface area contributed by atoms with E-state index in [-0.39, 0.29) is 62.0 Å². The van der Waals surface area contributed by atoms with E-state index in [0.29, 0.717) is 51.4 Å². The molecule has 0 aromatic rings. The molecule has 0 aromatic heterocycles. The normalized spacial score (nSPS) is 12.5. The lowest BCUT2D eigenvalue weighted by Crippen LogP contribution is -2.49. The summed E-state index contributed by atoms with van der Waals surface area (Å²) in [6.45, 7) is 8.63. The molecule has 2 atom stereocenters. The van der Waals surface area contributed by atoms with E-state index < -0.39 is 19.5 Å². The quantitative estimate of drug-likeness (QED) is 0.0258. The first kappa shape index (κ1) is 68.3. The number of ether oxygens (including phenoxy) is 5. The second-order valence-corrected chi connectivity index (χ2v) is 22.6. The van der Waals surface area contributed by atoms with Gasteiger partial charge >= 0.3 is 11.9 Å². The number of carbonyl (C=O) groups is 4. The molecule has 0 unspecified atom stereocenters. The fourth-order valence-corrected chi connectivity index (χ4v) is 9.43. The van der Waals surface area contributed by atoms with E-state index in [1.165, 1.54) is 153 Å². The Labute approximate surface area is 432 Å². The SMILES string of the molecule is C=P(O)(O)CCOCCOCCOCCNC(=O)[C@H](CSC[C@@H](COC(=O)CCCCCCCCCCC)OC(=O)CCCCCCCCCCC)NC(=O)CCCCCCCCCCCCCCC. The first-order valence-electron chi connectivity index (χ1n) is 28.4. The molecule has 0 radical (unpaired) electrons. The molecule has 15 heteroatoms. The predicted molar refractivity (Wildman–Crippen MR) is 293 cm³/mol. The van der Waals surface area contributed by atoms with Gasteiger partial charge in [0.25, 0.3) is 0 Å². The van der Waals surface area contributed by atoms with Gasteiger partial charge in [0, 0.05) is 43.5 Å². The molecule has 0 fully saturated rings. The molecule has 0 heterocycles. The Hall–Kier alpha value is -1.67. The van der Waals surface area contributed by atoms with Gasteiger partial charge in [0.1, 0.15) is 26.1 Å². The maximum absolute atomic E-state index is 13.5. The minimum atomic E-state index is -3.08. The summed E-state index contributed by atoms with van der Waals surface area (Å²) >= 11 is 1.39. The highest BCUT2D eigenvalue weighted by atomic mass is 32.2. The third-order valence-electron chi connectivity index (χ3n) is 12.3. The number of amides is 2. The smallest absolute Gasteiger partial charge is 0.306 e. The fraction of sp³-hybridized carbons (Fsp3) is 0.909. The Bertz CT molecular complexity index is 1260. The second-order valence-electron chi connectivity index (χ2n) is 19.3. The first-order valence-corrected chi connectivity index (χ1v) is 31.6. The number of hydrogen-bond acceptors (Lipinski definition) is 12. The van der Waals surface area contributed by atoms with Crippen LogP contribution in [-0.2, 0) is 42.9 Å². The Morgan fingerprint density at radius 1 is 0.500 bits per heavy atom. The average Bonchev–Trinajstić information content (AvgIpc) is 3.33. The lowest BCUT2D eigenvalue weighted by molar-refractivity contribution is -0.157. The van der Waals surface area contributed by atoms with Crippen molar-refractivity contribution in [1.29, 1.82) is 0 Å². The Kier molecular flexibility index (Phi) is 51.0. The van der Waals surface area contributed by atoms with Crippen LogP contribution >= 0.6 is 19.1 Å². The molecule has 70 heavy (non-hydrogen) atoms. The Balaban J connectivity index is 5.19. The summed E-state index contributed by atoms with van der Waals surface area (Å²) in [4.78, 5) is 71.3. The van der Waals surface area contributed by atoms with Crippen LogP contribution in [0.3, 0.4) is 0 Å². The van der Waals surface area contributed by atoms with E-state index in [4.69, 9.17) is 23.7 Å². The number of thioether (sulfide) groups is 1. The van der Waals surface area contributed by atoms with Gasteiger partial charge in [0.2, 0.25) is 11.8 Å². The van der Waals surface area contributed by atoms with Crippen LogP contribution in [0, 0.1) is 0 Å². The number of esters is 2. The van der Waals surface area contributed by atoms with E-state index in [1.54, 1.807) is 0 Å². The molecule has 0 aliphatic rings. The van der Waals surface area contributed by atoms with E-state index in [0.717, 1.165) is 57.8 Å². The zero-order valence-electron chi connectivity index (χ0n) is 45.1. The fourth-order valence-electron chi connectivity index (χ4n) is 7.97. The van der Waals surface area contributed by atoms with Crippen LogP contribution < -0.4 is 10.6 Å². The van der Waals surface area contributed by atoms with Crippen molar-refractivity contribution in [2.75, 3.05) is 70.5 Å². The predicted octanol–water partition coefficient (Wildman–Crippen LogP) is 12.4. The van der Waals surface area contributed by atoms with Crippen molar-refractivity contribution in [3.05, 3.63) is 0 Å². The van der Waals surface area contributed by atoms with Crippen LogP contribution in [0.5, 0.6) is 0 Å². The summed E-state index contributed by atoms with van der Waals surface area (Å²) in [5.74, 6) is -0.542. The van der Waals surface area contributed by atoms with Crippen LogP contribution in [0.1, 0.15) is 239 Å². The van der Waals surface area contributed by atoms with Gasteiger partial charge in [-0.3, -0.25) is 19.2 Å². The molecular weight excluding hydrogens is 928 g/mol. The van der Waals surface area contributed by atoms with E-state index in [9.17, 15) is 29.0 Å². The molecule has 13 nitrogen and oxygen atoms in total. The topological polar surface area (TPSA) is 179 Å². The van der Waals surface area contributed by atoms with Crippen LogP contribution in [-0.4, -0.2) is 122 Å². The molecule has 4 N–H and O–H groups in total. The third kappa shape index (κ3) is 51.2. The van der Waals surface area contributed by atoms with Gasteiger partial charge in [0.15, 0.2) is 0 Å². The molecule has 0 saturated heterocycles. The third-order valence-corrected chi connectivity index (χ3v) is 14.4. The monoisotopic (exact) mass is 1030 g/mol. The van der Waals surface area contributed by atoms with Gasteiger partial charge in [-0.25, -0.2) is 0 Å². The molecule has 0 saturated carbocycles. The minimum absolute atomic E-state index is 0.0468. The minimum Gasteiger partial charge on any atom is -0.462 e. The zero-order valence-corrected chi connectivity index (χ0v) is 46.8. The molecule has 0 bridgehead atoms. The summed E-state index contributed by atoms with van der Waals surface area (Å²) < 4.78 is 28.0. The number of carbonyl (C=O) groups excluding carboxylic acids is 4. The summed E-state index contributed by atoms with van der Waals surface area (Å²) in [5, 5.41) is 5.86.